The summed E-state index contributed by atoms with van der Waals surface area (Å²) in [5, 5.41) is 0.944. The molecule has 1 aromatic carbocycles. The van der Waals surface area contributed by atoms with E-state index in [-0.39, 0.29) is 11.7 Å². The van der Waals surface area contributed by atoms with Crippen LogP contribution in [0.5, 0.6) is 0 Å². The Hall–Kier alpha value is -1.93. The molecule has 2 heterocycles. The lowest BCUT2D eigenvalue weighted by molar-refractivity contribution is -0.137. The molecule has 0 amide bonds. The molecule has 3 rings (SSSR count). The Morgan fingerprint density at radius 3 is 2.59 bits per heavy atom. The van der Waals surface area contributed by atoms with Gasteiger partial charge in [-0.05, 0) is 31.5 Å². The summed E-state index contributed by atoms with van der Waals surface area (Å²) in [5.41, 5.74) is -0.381. The molecule has 4 nitrogen and oxygen atoms in total. The van der Waals surface area contributed by atoms with Gasteiger partial charge in [-0.15, -0.1) is 11.3 Å². The summed E-state index contributed by atoms with van der Waals surface area (Å²) in [6.07, 6.45) is -0.858. The molecule has 1 unspecified atom stereocenters. The molecule has 146 valence electrons. The Bertz CT molecular complexity index is 786. The summed E-state index contributed by atoms with van der Waals surface area (Å²) >= 11 is 1.63. The van der Waals surface area contributed by atoms with Crippen molar-refractivity contribution in [2.24, 2.45) is 5.92 Å². The maximum atomic E-state index is 12.7. The average Bonchev–Trinajstić information content (AvgIpc) is 3.09. The zero-order valence-corrected chi connectivity index (χ0v) is 16.1. The molecular weight excluding hydrogens is 375 g/mol. The standard InChI is InChI=1S/C19H22F3N3OS/c1-24(2)18-23-10-16(27-18)12-25-9-3-4-14(11-25)17(26)13-5-7-15(8-6-13)19(20,21)22/h5-8,10,14H,3-4,9,11-12H2,1-2H3. The van der Waals surface area contributed by atoms with E-state index in [1.165, 1.54) is 12.1 Å². The Kier molecular flexibility index (Phi) is 5.86. The van der Waals surface area contributed by atoms with Gasteiger partial charge in [-0.1, -0.05) is 12.1 Å². The van der Waals surface area contributed by atoms with Gasteiger partial charge in [0.1, 0.15) is 0 Å². The number of piperidine rings is 1. The molecule has 0 aliphatic carbocycles. The Balaban J connectivity index is 1.63. The predicted molar refractivity (Wildman–Crippen MR) is 100 cm³/mol. The highest BCUT2D eigenvalue weighted by Crippen LogP contribution is 2.30. The highest BCUT2D eigenvalue weighted by atomic mass is 32.1. The van der Waals surface area contributed by atoms with Crippen LogP contribution in [0.4, 0.5) is 18.3 Å². The third kappa shape index (κ3) is 4.87. The van der Waals surface area contributed by atoms with Crippen LogP contribution in [0.15, 0.2) is 30.5 Å². The molecule has 1 aliphatic heterocycles. The predicted octanol–water partition coefficient (Wildman–Crippen LogP) is 4.32. The van der Waals surface area contributed by atoms with Crippen molar-refractivity contribution in [2.75, 3.05) is 32.1 Å². The number of aromatic nitrogens is 1. The van der Waals surface area contributed by atoms with Crippen LogP contribution in [0.25, 0.3) is 0 Å². The van der Waals surface area contributed by atoms with Gasteiger partial charge in [-0.2, -0.15) is 13.2 Å². The molecule has 0 bridgehead atoms. The van der Waals surface area contributed by atoms with E-state index in [9.17, 15) is 18.0 Å². The quantitative estimate of drug-likeness (QED) is 0.704. The van der Waals surface area contributed by atoms with Crippen molar-refractivity contribution < 1.29 is 18.0 Å². The average molecular weight is 397 g/mol. The maximum Gasteiger partial charge on any atom is 0.416 e. The van der Waals surface area contributed by atoms with E-state index in [4.69, 9.17) is 0 Å². The van der Waals surface area contributed by atoms with Gasteiger partial charge in [0.25, 0.3) is 0 Å². The summed E-state index contributed by atoms with van der Waals surface area (Å²) in [7, 11) is 3.89. The lowest BCUT2D eigenvalue weighted by Crippen LogP contribution is -2.38. The number of likely N-dealkylation sites (tertiary alicyclic amines) is 1. The van der Waals surface area contributed by atoms with E-state index in [1.807, 2.05) is 25.2 Å². The number of anilines is 1. The van der Waals surface area contributed by atoms with Gasteiger partial charge in [0.2, 0.25) is 0 Å². The Labute approximate surface area is 160 Å². The number of carbonyl (C=O) groups is 1. The Morgan fingerprint density at radius 2 is 2.00 bits per heavy atom. The van der Waals surface area contributed by atoms with Crippen molar-refractivity contribution in [1.82, 2.24) is 9.88 Å². The summed E-state index contributed by atoms with van der Waals surface area (Å²) in [6, 6.07) is 4.54. The first-order valence-corrected chi connectivity index (χ1v) is 9.61. The minimum Gasteiger partial charge on any atom is -0.354 e. The van der Waals surface area contributed by atoms with Crippen LogP contribution in [0.2, 0.25) is 0 Å². The van der Waals surface area contributed by atoms with Crippen molar-refractivity contribution in [2.45, 2.75) is 25.6 Å². The van der Waals surface area contributed by atoms with Crippen LogP contribution in [-0.4, -0.2) is 42.9 Å². The molecular formula is C19H22F3N3OS. The van der Waals surface area contributed by atoms with Crippen molar-refractivity contribution >= 4 is 22.3 Å². The maximum absolute atomic E-state index is 12.7. The molecule has 1 saturated heterocycles. The fraction of sp³-hybridized carbons (Fsp3) is 0.474. The van der Waals surface area contributed by atoms with E-state index in [1.54, 1.807) is 11.3 Å². The van der Waals surface area contributed by atoms with E-state index >= 15 is 0 Å². The van der Waals surface area contributed by atoms with Gasteiger partial charge >= 0.3 is 6.18 Å². The number of rotatable bonds is 5. The van der Waals surface area contributed by atoms with Crippen molar-refractivity contribution in [3.63, 3.8) is 0 Å². The number of nitrogens with zero attached hydrogens (tertiary/aromatic N) is 3. The van der Waals surface area contributed by atoms with Gasteiger partial charge in [-0.25, -0.2) is 4.98 Å². The van der Waals surface area contributed by atoms with Crippen molar-refractivity contribution in [1.29, 1.82) is 0 Å². The minimum absolute atomic E-state index is 0.0771. The molecule has 1 fully saturated rings. The lowest BCUT2D eigenvalue weighted by atomic mass is 9.89. The fourth-order valence-corrected chi connectivity index (χ4v) is 4.14. The second kappa shape index (κ2) is 7.98. The number of ketones is 1. The normalized spacial score (nSPS) is 18.5. The topological polar surface area (TPSA) is 36.4 Å². The number of hydrogen-bond donors (Lipinski definition) is 0. The SMILES string of the molecule is CN(C)c1ncc(CN2CCCC(C(=O)c3ccc(C(F)(F)F)cc3)C2)s1. The van der Waals surface area contributed by atoms with Gasteiger partial charge in [0, 0.05) is 49.7 Å². The highest BCUT2D eigenvalue weighted by Gasteiger charge is 2.31. The van der Waals surface area contributed by atoms with Crippen LogP contribution < -0.4 is 4.90 Å². The van der Waals surface area contributed by atoms with Gasteiger partial charge in [0.15, 0.2) is 10.9 Å². The first-order chi connectivity index (χ1) is 12.7. The smallest absolute Gasteiger partial charge is 0.354 e. The monoisotopic (exact) mass is 397 g/mol. The number of carbonyl (C=O) groups excluding carboxylic acids is 1. The van der Waals surface area contributed by atoms with Gasteiger partial charge in [0.05, 0.1) is 5.56 Å². The molecule has 27 heavy (non-hydrogen) atoms. The molecule has 1 aromatic heterocycles. The second-order valence-corrected chi connectivity index (χ2v) is 8.11. The molecule has 0 radical (unpaired) electrons. The molecule has 1 aliphatic rings. The number of benzene rings is 1. The minimum atomic E-state index is -4.39. The van der Waals surface area contributed by atoms with Gasteiger partial charge < -0.3 is 4.90 Å². The zero-order valence-electron chi connectivity index (χ0n) is 15.3. The van der Waals surface area contributed by atoms with Crippen LogP contribution in [0.3, 0.4) is 0 Å². The number of Topliss-reactive ketones (excluding diaryl/α,β-unsaturated/α-hetero) is 1. The van der Waals surface area contributed by atoms with Crippen molar-refractivity contribution in [3.05, 3.63) is 46.5 Å². The van der Waals surface area contributed by atoms with Crippen LogP contribution in [0, 0.1) is 5.92 Å². The van der Waals surface area contributed by atoms with Crippen molar-refractivity contribution in [3.8, 4) is 0 Å². The highest BCUT2D eigenvalue weighted by molar-refractivity contribution is 7.15. The first-order valence-electron chi connectivity index (χ1n) is 8.80. The van der Waals surface area contributed by atoms with Crippen LogP contribution in [-0.2, 0) is 12.7 Å². The zero-order chi connectivity index (χ0) is 19.6. The summed E-state index contributed by atoms with van der Waals surface area (Å²) in [5.74, 6) is -0.261. The number of halogens is 3. The third-order valence-electron chi connectivity index (χ3n) is 4.68. The van der Waals surface area contributed by atoms with E-state index < -0.39 is 11.7 Å². The number of alkyl halides is 3. The fourth-order valence-electron chi connectivity index (χ4n) is 3.27. The van der Waals surface area contributed by atoms with Crippen LogP contribution >= 0.6 is 11.3 Å². The number of hydrogen-bond acceptors (Lipinski definition) is 5. The molecule has 8 heteroatoms. The summed E-state index contributed by atoms with van der Waals surface area (Å²) < 4.78 is 38.1. The number of thiazole rings is 1. The summed E-state index contributed by atoms with van der Waals surface area (Å²) in [6.45, 7) is 2.27. The largest absolute Gasteiger partial charge is 0.416 e. The molecule has 0 spiro atoms. The first kappa shape index (κ1) is 19.8. The third-order valence-corrected chi connectivity index (χ3v) is 5.83. The lowest BCUT2D eigenvalue weighted by Gasteiger charge is -2.31. The summed E-state index contributed by atoms with van der Waals surface area (Å²) in [4.78, 5) is 22.4. The van der Waals surface area contributed by atoms with E-state index in [0.717, 1.165) is 48.1 Å². The second-order valence-electron chi connectivity index (χ2n) is 7.02. The molecule has 0 N–H and O–H groups in total. The van der Waals surface area contributed by atoms with E-state index in [0.29, 0.717) is 12.1 Å². The molecule has 2 aromatic rings. The Morgan fingerprint density at radius 1 is 1.30 bits per heavy atom. The van der Waals surface area contributed by atoms with E-state index in [2.05, 4.69) is 9.88 Å². The van der Waals surface area contributed by atoms with Crippen LogP contribution in [0.1, 0.15) is 33.6 Å². The van der Waals surface area contributed by atoms with Gasteiger partial charge in [-0.3, -0.25) is 9.69 Å². The molecule has 0 saturated carbocycles. The molecule has 1 atom stereocenters.